The molecule has 0 saturated carbocycles. The zero-order valence-corrected chi connectivity index (χ0v) is 21.6. The van der Waals surface area contributed by atoms with Gasteiger partial charge in [0.05, 0.1) is 11.3 Å². The molecule has 1 aromatic carbocycles. The van der Waals surface area contributed by atoms with Gasteiger partial charge in [0.1, 0.15) is 0 Å². The number of benzene rings is 1. The molecule has 0 aliphatic carbocycles. The number of carboxylic acids is 1. The van der Waals surface area contributed by atoms with Crippen LogP contribution in [0.15, 0.2) is 73.0 Å². The molecular formula is C28H25F3N4O5. The standard InChI is InChI=1S/C26H24N4O3.C2HF3O2/c1-15(2)24(31)28-19-7-5-6-17(12-19)22-13-18(8-10-27-22)23-14-20-21(29-23)9-11-30(26(20)33)25(32)16(3)4;3-2(4,5)1(6)7/h5-8,10,12-14,29H,1,3,9,11H2,2,4H3,(H,28,31);(H,6,7). The number of carbonyl (C=O) groups is 4. The second-order valence-corrected chi connectivity index (χ2v) is 8.92. The van der Waals surface area contributed by atoms with Gasteiger partial charge in [-0.15, -0.1) is 0 Å². The minimum atomic E-state index is -5.08. The monoisotopic (exact) mass is 554 g/mol. The minimum absolute atomic E-state index is 0.241. The van der Waals surface area contributed by atoms with E-state index < -0.39 is 12.1 Å². The molecule has 3 N–H and O–H groups in total. The molecule has 12 heteroatoms. The Labute approximate surface area is 227 Å². The number of aliphatic carboxylic acids is 1. The van der Waals surface area contributed by atoms with E-state index in [-0.39, 0.29) is 17.7 Å². The third kappa shape index (κ3) is 6.90. The van der Waals surface area contributed by atoms with Gasteiger partial charge in [-0.2, -0.15) is 13.2 Å². The van der Waals surface area contributed by atoms with Crippen molar-refractivity contribution in [3.05, 3.63) is 84.2 Å². The van der Waals surface area contributed by atoms with Crippen molar-refractivity contribution in [3.63, 3.8) is 0 Å². The summed E-state index contributed by atoms with van der Waals surface area (Å²) in [6.07, 6.45) is -2.83. The van der Waals surface area contributed by atoms with E-state index in [1.54, 1.807) is 32.2 Å². The molecule has 0 unspecified atom stereocenters. The highest BCUT2D eigenvalue weighted by Crippen LogP contribution is 2.29. The van der Waals surface area contributed by atoms with Crippen molar-refractivity contribution in [1.82, 2.24) is 14.9 Å². The summed E-state index contributed by atoms with van der Waals surface area (Å²) in [5, 5.41) is 9.93. The third-order valence-electron chi connectivity index (χ3n) is 5.69. The Kier molecular flexibility index (Phi) is 8.72. The van der Waals surface area contributed by atoms with Crippen LogP contribution in [0.4, 0.5) is 18.9 Å². The maximum atomic E-state index is 12.9. The molecule has 40 heavy (non-hydrogen) atoms. The van der Waals surface area contributed by atoms with Crippen LogP contribution in [-0.2, 0) is 20.8 Å². The first-order chi connectivity index (χ1) is 18.7. The largest absolute Gasteiger partial charge is 0.490 e. The van der Waals surface area contributed by atoms with Gasteiger partial charge in [0.2, 0.25) is 0 Å². The van der Waals surface area contributed by atoms with E-state index >= 15 is 0 Å². The predicted octanol–water partition coefficient (Wildman–Crippen LogP) is 4.99. The number of rotatable bonds is 5. The highest BCUT2D eigenvalue weighted by atomic mass is 19.4. The van der Waals surface area contributed by atoms with Crippen molar-refractivity contribution in [2.45, 2.75) is 26.4 Å². The van der Waals surface area contributed by atoms with Gasteiger partial charge >= 0.3 is 12.1 Å². The molecular weight excluding hydrogens is 529 g/mol. The number of pyridine rings is 1. The van der Waals surface area contributed by atoms with Gasteiger partial charge < -0.3 is 15.4 Å². The molecule has 0 fully saturated rings. The Hall–Kier alpha value is -5.00. The number of halogens is 3. The van der Waals surface area contributed by atoms with Crippen LogP contribution in [-0.4, -0.2) is 56.4 Å². The lowest BCUT2D eigenvalue weighted by Gasteiger charge is -2.24. The number of hydrogen-bond donors (Lipinski definition) is 3. The number of anilines is 1. The topological polar surface area (TPSA) is 132 Å². The number of carbonyl (C=O) groups excluding carboxylic acids is 3. The SMILES string of the molecule is C=C(C)C(=O)Nc1cccc(-c2cc(-c3cc4c([nH]3)CCN(C(=O)C(=C)C)C4=O)ccn2)c1.O=C(O)C(F)(F)F. The van der Waals surface area contributed by atoms with Crippen LogP contribution in [0, 0.1) is 0 Å². The van der Waals surface area contributed by atoms with Crippen LogP contribution in [0.1, 0.15) is 29.9 Å². The molecule has 0 radical (unpaired) electrons. The van der Waals surface area contributed by atoms with Crippen molar-refractivity contribution in [2.24, 2.45) is 0 Å². The highest BCUT2D eigenvalue weighted by molar-refractivity contribution is 6.11. The second kappa shape index (κ2) is 11.8. The molecule has 0 saturated heterocycles. The van der Waals surface area contributed by atoms with Crippen LogP contribution >= 0.6 is 0 Å². The second-order valence-electron chi connectivity index (χ2n) is 8.92. The van der Waals surface area contributed by atoms with E-state index in [9.17, 15) is 27.6 Å². The molecule has 0 bridgehead atoms. The number of nitrogens with zero attached hydrogens (tertiary/aromatic N) is 2. The van der Waals surface area contributed by atoms with Crippen LogP contribution < -0.4 is 5.32 Å². The van der Waals surface area contributed by atoms with Gasteiger partial charge in [-0.05, 0) is 44.2 Å². The average Bonchev–Trinajstić information content (AvgIpc) is 3.34. The molecule has 3 heterocycles. The lowest BCUT2D eigenvalue weighted by Crippen LogP contribution is -2.42. The van der Waals surface area contributed by atoms with Crippen molar-refractivity contribution < 1.29 is 37.5 Å². The summed E-state index contributed by atoms with van der Waals surface area (Å²) in [7, 11) is 0. The van der Waals surface area contributed by atoms with E-state index in [2.05, 4.69) is 28.4 Å². The van der Waals surface area contributed by atoms with E-state index in [1.807, 2.05) is 30.3 Å². The number of aromatic amines is 1. The molecule has 0 atom stereocenters. The summed E-state index contributed by atoms with van der Waals surface area (Å²) in [4.78, 5) is 55.0. The lowest BCUT2D eigenvalue weighted by molar-refractivity contribution is -0.192. The highest BCUT2D eigenvalue weighted by Gasteiger charge is 2.38. The van der Waals surface area contributed by atoms with Gasteiger partial charge in [0.25, 0.3) is 17.7 Å². The Balaban J connectivity index is 0.000000559. The number of alkyl halides is 3. The van der Waals surface area contributed by atoms with Crippen molar-refractivity contribution in [1.29, 1.82) is 0 Å². The van der Waals surface area contributed by atoms with E-state index in [4.69, 9.17) is 9.90 Å². The summed E-state index contributed by atoms with van der Waals surface area (Å²) in [6, 6.07) is 12.9. The summed E-state index contributed by atoms with van der Waals surface area (Å²) in [5.74, 6) is -3.66. The number of fused-ring (bicyclic) bond motifs is 1. The molecule has 0 spiro atoms. The zero-order chi connectivity index (χ0) is 29.8. The molecule has 1 aliphatic heterocycles. The molecule has 9 nitrogen and oxygen atoms in total. The fourth-order valence-corrected chi connectivity index (χ4v) is 3.69. The number of amides is 3. The zero-order valence-electron chi connectivity index (χ0n) is 21.6. The minimum Gasteiger partial charge on any atom is -0.475 e. The summed E-state index contributed by atoms with van der Waals surface area (Å²) >= 11 is 0. The summed E-state index contributed by atoms with van der Waals surface area (Å²) in [6.45, 7) is 10.9. The van der Waals surface area contributed by atoms with Gasteiger partial charge in [0, 0.05) is 58.5 Å². The van der Waals surface area contributed by atoms with E-state index in [0.29, 0.717) is 35.4 Å². The first-order valence-electron chi connectivity index (χ1n) is 11.8. The number of carboxylic acid groups (broad SMARTS) is 1. The van der Waals surface area contributed by atoms with Crippen molar-refractivity contribution in [2.75, 3.05) is 11.9 Å². The van der Waals surface area contributed by atoms with E-state index in [0.717, 1.165) is 28.2 Å². The van der Waals surface area contributed by atoms with Gasteiger partial charge in [0.15, 0.2) is 0 Å². The Morgan fingerprint density at radius 1 is 1.05 bits per heavy atom. The molecule has 4 rings (SSSR count). The first kappa shape index (κ1) is 29.6. The predicted molar refractivity (Wildman–Crippen MR) is 141 cm³/mol. The van der Waals surface area contributed by atoms with Crippen molar-refractivity contribution >= 4 is 29.4 Å². The van der Waals surface area contributed by atoms with Crippen LogP contribution in [0.5, 0.6) is 0 Å². The molecule has 208 valence electrons. The smallest absolute Gasteiger partial charge is 0.475 e. The summed E-state index contributed by atoms with van der Waals surface area (Å²) < 4.78 is 31.7. The van der Waals surface area contributed by atoms with Crippen molar-refractivity contribution in [3.8, 4) is 22.5 Å². The Bertz CT molecular complexity index is 1520. The number of hydrogen-bond acceptors (Lipinski definition) is 5. The maximum absolute atomic E-state index is 12.9. The van der Waals surface area contributed by atoms with Gasteiger partial charge in [-0.1, -0.05) is 25.3 Å². The number of nitrogens with one attached hydrogen (secondary N) is 2. The number of H-pyrrole nitrogens is 1. The third-order valence-corrected chi connectivity index (χ3v) is 5.69. The lowest BCUT2D eigenvalue weighted by atomic mass is 10.0. The quantitative estimate of drug-likeness (QED) is 0.381. The maximum Gasteiger partial charge on any atom is 0.490 e. The van der Waals surface area contributed by atoms with Gasteiger partial charge in [-0.3, -0.25) is 24.3 Å². The fraction of sp³-hybridized carbons (Fsp3) is 0.179. The van der Waals surface area contributed by atoms with E-state index in [1.165, 1.54) is 4.90 Å². The number of imide groups is 1. The number of aromatic nitrogens is 2. The molecule has 1 aliphatic rings. The average molecular weight is 555 g/mol. The Morgan fingerprint density at radius 3 is 2.33 bits per heavy atom. The normalized spacial score (nSPS) is 12.5. The fourth-order valence-electron chi connectivity index (χ4n) is 3.69. The van der Waals surface area contributed by atoms with Crippen LogP contribution in [0.25, 0.3) is 22.5 Å². The molecule has 3 aromatic rings. The van der Waals surface area contributed by atoms with Gasteiger partial charge in [-0.25, -0.2) is 4.79 Å². The first-order valence-corrected chi connectivity index (χ1v) is 11.8. The van der Waals surface area contributed by atoms with Crippen LogP contribution in [0.2, 0.25) is 0 Å². The Morgan fingerprint density at radius 2 is 1.73 bits per heavy atom. The molecule has 3 amide bonds. The van der Waals surface area contributed by atoms with Crippen LogP contribution in [0.3, 0.4) is 0 Å². The molecule has 2 aromatic heterocycles. The summed E-state index contributed by atoms with van der Waals surface area (Å²) in [5.41, 5.74) is 5.90.